The molecule has 14 N–H and O–H groups in total. The van der Waals surface area contributed by atoms with Crippen molar-refractivity contribution in [2.45, 2.75) is 70.0 Å². The molecule has 2 atom stereocenters. The van der Waals surface area contributed by atoms with Crippen molar-refractivity contribution < 1.29 is 34.8 Å². The van der Waals surface area contributed by atoms with Crippen LogP contribution in [-0.2, 0) is 14.4 Å². The lowest BCUT2D eigenvalue weighted by Gasteiger charge is -2.19. The van der Waals surface area contributed by atoms with Gasteiger partial charge in [-0.25, -0.2) is 0 Å². The molecule has 0 aromatic rings. The van der Waals surface area contributed by atoms with E-state index in [0.717, 1.165) is 6.42 Å². The summed E-state index contributed by atoms with van der Waals surface area (Å²) in [6, 6.07) is -1.70. The van der Waals surface area contributed by atoms with Gasteiger partial charge >= 0.3 is 17.9 Å². The van der Waals surface area contributed by atoms with Crippen LogP contribution in [0.5, 0.6) is 0 Å². The molecule has 0 heterocycles. The highest BCUT2D eigenvalue weighted by Gasteiger charge is 2.28. The number of carboxylic acid groups (broad SMARTS) is 3. The molecule has 13 nitrogen and oxygen atoms in total. The fourth-order valence-electron chi connectivity index (χ4n) is 1.65. The van der Waals surface area contributed by atoms with E-state index in [0.29, 0.717) is 32.2 Å². The number of nitrogens with one attached hydrogen (secondary N) is 2. The molecule has 0 radical (unpaired) electrons. The molecule has 178 valence electrons. The van der Waals surface area contributed by atoms with Gasteiger partial charge < -0.3 is 48.7 Å². The van der Waals surface area contributed by atoms with Crippen LogP contribution in [0.4, 0.5) is 0 Å². The van der Waals surface area contributed by atoms with E-state index in [4.69, 9.17) is 48.8 Å². The molecule has 0 saturated heterocycles. The van der Waals surface area contributed by atoms with Crippen LogP contribution in [0.15, 0.2) is 0 Å². The van der Waals surface area contributed by atoms with Gasteiger partial charge in [0.15, 0.2) is 5.96 Å². The molecule has 0 spiro atoms. The van der Waals surface area contributed by atoms with Crippen molar-refractivity contribution in [3.05, 3.63) is 0 Å². The second-order valence-corrected chi connectivity index (χ2v) is 6.41. The summed E-state index contributed by atoms with van der Waals surface area (Å²) in [7, 11) is 0. The minimum atomic E-state index is -1.07. The number of carbonyl (C=O) groups is 3. The third-order valence-corrected chi connectivity index (χ3v) is 4.02. The topological polar surface area (TPSA) is 272 Å². The van der Waals surface area contributed by atoms with Crippen molar-refractivity contribution in [3.63, 3.8) is 0 Å². The molecule has 30 heavy (non-hydrogen) atoms. The maximum absolute atomic E-state index is 10.4. The van der Waals surface area contributed by atoms with Crippen molar-refractivity contribution in [1.29, 1.82) is 5.41 Å². The Kier molecular flexibility index (Phi) is 19.9. The van der Waals surface area contributed by atoms with E-state index < -0.39 is 35.5 Å². The summed E-state index contributed by atoms with van der Waals surface area (Å²) in [6.45, 7) is 3.96. The molecule has 0 aliphatic rings. The number of aliphatic carboxylic acids is 3. The Morgan fingerprint density at radius 2 is 1.40 bits per heavy atom. The molecule has 0 aromatic heterocycles. The first-order valence-corrected chi connectivity index (χ1v) is 9.46. The highest BCUT2D eigenvalue weighted by Crippen LogP contribution is 2.10. The minimum Gasteiger partial charge on any atom is -0.480 e. The van der Waals surface area contributed by atoms with E-state index in [1.807, 2.05) is 0 Å². The van der Waals surface area contributed by atoms with Crippen molar-refractivity contribution in [2.75, 3.05) is 13.2 Å². The van der Waals surface area contributed by atoms with E-state index in [2.05, 4.69) is 5.32 Å². The number of carboxylic acids is 3. The smallest absolute Gasteiger partial charge is 0.323 e. The summed E-state index contributed by atoms with van der Waals surface area (Å²) < 4.78 is 0. The lowest BCUT2D eigenvalue weighted by Crippen LogP contribution is -2.46. The Hall–Kier alpha value is -2.48. The third-order valence-electron chi connectivity index (χ3n) is 4.02. The van der Waals surface area contributed by atoms with Crippen molar-refractivity contribution >= 4 is 23.9 Å². The van der Waals surface area contributed by atoms with E-state index in [1.165, 1.54) is 0 Å². The molecule has 0 saturated carbocycles. The number of unbranched alkanes of at least 4 members (excludes halogenated alkanes) is 1. The monoisotopic (exact) mass is 438 g/mol. The van der Waals surface area contributed by atoms with Gasteiger partial charge in [0.2, 0.25) is 0 Å². The molecule has 13 heteroatoms. The first kappa shape index (κ1) is 32.2. The van der Waals surface area contributed by atoms with Crippen LogP contribution in [0.2, 0.25) is 0 Å². The van der Waals surface area contributed by atoms with Crippen LogP contribution >= 0.6 is 0 Å². The van der Waals surface area contributed by atoms with E-state index >= 15 is 0 Å². The maximum atomic E-state index is 10.4. The van der Waals surface area contributed by atoms with Crippen molar-refractivity contribution in [3.8, 4) is 0 Å². The Morgan fingerprint density at radius 1 is 0.967 bits per heavy atom. The highest BCUT2D eigenvalue weighted by molar-refractivity contribution is 5.78. The van der Waals surface area contributed by atoms with Gasteiger partial charge in [-0.15, -0.1) is 0 Å². The predicted octanol–water partition coefficient (Wildman–Crippen LogP) is -1.58. The molecule has 0 aromatic carbocycles. The molecular weight excluding hydrogens is 400 g/mol. The first-order valence-electron chi connectivity index (χ1n) is 9.46. The predicted molar refractivity (Wildman–Crippen MR) is 112 cm³/mol. The van der Waals surface area contributed by atoms with Gasteiger partial charge in [-0.2, -0.15) is 0 Å². The van der Waals surface area contributed by atoms with Crippen molar-refractivity contribution in [2.24, 2.45) is 22.9 Å². The van der Waals surface area contributed by atoms with Crippen LogP contribution in [-0.4, -0.2) is 75.1 Å². The number of aliphatic hydroxyl groups is 1. The van der Waals surface area contributed by atoms with Crippen LogP contribution < -0.4 is 28.3 Å². The maximum Gasteiger partial charge on any atom is 0.323 e. The second-order valence-electron chi connectivity index (χ2n) is 6.41. The summed E-state index contributed by atoms with van der Waals surface area (Å²) in [5.41, 5.74) is 19.7. The Bertz CT molecular complexity index is 515. The Labute approximate surface area is 176 Å². The Morgan fingerprint density at radius 3 is 1.63 bits per heavy atom. The quantitative estimate of drug-likeness (QED) is 0.0938. The van der Waals surface area contributed by atoms with Gasteiger partial charge in [0.25, 0.3) is 0 Å². The summed E-state index contributed by atoms with van der Waals surface area (Å²) in [4.78, 5) is 30.5. The molecule has 0 amide bonds. The number of guanidine groups is 1. The fraction of sp³-hybridized carbons (Fsp3) is 0.765. The van der Waals surface area contributed by atoms with Gasteiger partial charge in [0, 0.05) is 13.2 Å². The zero-order valence-corrected chi connectivity index (χ0v) is 17.6. The van der Waals surface area contributed by atoms with Crippen LogP contribution in [0.1, 0.15) is 52.4 Å². The lowest BCUT2D eigenvalue weighted by molar-refractivity contribution is -0.143. The summed E-state index contributed by atoms with van der Waals surface area (Å²) in [6.07, 6.45) is 3.02. The number of hydrogen-bond acceptors (Lipinski definition) is 8. The van der Waals surface area contributed by atoms with E-state index in [9.17, 15) is 14.4 Å². The SMILES string of the molecule is CCC(N)(CC)C(=O)O.N=C(N)NCCCC[C@@H](N)C(=O)O.N[C@H](CCO)C(=O)O. The largest absolute Gasteiger partial charge is 0.480 e. The molecule has 0 bridgehead atoms. The van der Waals surface area contributed by atoms with Gasteiger partial charge in [0.1, 0.15) is 17.6 Å². The first-order chi connectivity index (χ1) is 13.8. The minimum absolute atomic E-state index is 0.0671. The highest BCUT2D eigenvalue weighted by atomic mass is 16.4. The number of nitrogens with two attached hydrogens (primary N) is 4. The molecule has 0 unspecified atom stereocenters. The van der Waals surface area contributed by atoms with Gasteiger partial charge in [-0.1, -0.05) is 13.8 Å². The summed E-state index contributed by atoms with van der Waals surface area (Å²) in [5.74, 6) is -3.02. The molecule has 0 aliphatic heterocycles. The molecule has 0 aliphatic carbocycles. The van der Waals surface area contributed by atoms with Crippen LogP contribution in [0, 0.1) is 5.41 Å². The second kappa shape index (κ2) is 18.5. The van der Waals surface area contributed by atoms with Crippen LogP contribution in [0.3, 0.4) is 0 Å². The fourth-order valence-corrected chi connectivity index (χ4v) is 1.65. The van der Waals surface area contributed by atoms with Crippen LogP contribution in [0.25, 0.3) is 0 Å². The normalized spacial score (nSPS) is 12.2. The average molecular weight is 439 g/mol. The van der Waals surface area contributed by atoms with E-state index in [-0.39, 0.29) is 19.0 Å². The summed E-state index contributed by atoms with van der Waals surface area (Å²) >= 11 is 0. The number of aliphatic hydroxyl groups excluding tert-OH is 1. The van der Waals surface area contributed by atoms with Gasteiger partial charge in [-0.3, -0.25) is 19.8 Å². The molecule has 0 rings (SSSR count). The zero-order valence-electron chi connectivity index (χ0n) is 17.6. The average Bonchev–Trinajstić information content (AvgIpc) is 2.67. The third kappa shape index (κ3) is 18.9. The molecular formula is C17H38N6O7. The lowest BCUT2D eigenvalue weighted by atomic mass is 9.95. The van der Waals surface area contributed by atoms with Gasteiger partial charge in [0.05, 0.1) is 0 Å². The zero-order chi connectivity index (χ0) is 24.3. The summed E-state index contributed by atoms with van der Waals surface area (Å²) in [5, 5.41) is 42.6. The standard InChI is InChI=1S/C7H16N4O2.C6H13NO2.C4H9NO3/c8-5(6(12)13)3-1-2-4-11-7(9)10;1-3-6(7,4-2)5(8)9;5-3(1-2-6)4(7)8/h5H,1-4,8H2,(H,12,13)(H4,9,10,11);3-4,7H2,1-2H3,(H,8,9);3,6H,1-2,5H2,(H,7,8)/t5-;;3-/m1.1/s1. The molecule has 0 fully saturated rings. The number of rotatable bonds is 12. The van der Waals surface area contributed by atoms with E-state index in [1.54, 1.807) is 13.8 Å². The van der Waals surface area contributed by atoms with Crippen molar-refractivity contribution in [1.82, 2.24) is 5.32 Å². The number of hydrogen-bond donors (Lipinski definition) is 10. The Balaban J connectivity index is -0.000000379. The van der Waals surface area contributed by atoms with Gasteiger partial charge in [-0.05, 0) is 38.5 Å².